The number of rotatable bonds is 7. The van der Waals surface area contributed by atoms with Gasteiger partial charge in [-0.05, 0) is 59.7 Å². The molecule has 1 aromatic heterocycles. The predicted molar refractivity (Wildman–Crippen MR) is 112 cm³/mol. The number of thiophene rings is 1. The van der Waals surface area contributed by atoms with Crippen molar-refractivity contribution in [3.8, 4) is 5.75 Å². The first-order chi connectivity index (χ1) is 13.1. The van der Waals surface area contributed by atoms with E-state index in [9.17, 15) is 4.79 Å². The number of hydrogen-bond acceptors (Lipinski definition) is 3. The van der Waals surface area contributed by atoms with Crippen LogP contribution in [0.15, 0.2) is 66.1 Å². The fourth-order valence-electron chi connectivity index (χ4n) is 2.57. The van der Waals surface area contributed by atoms with Crippen LogP contribution in [0.2, 0.25) is 0 Å². The van der Waals surface area contributed by atoms with Crippen LogP contribution in [0.5, 0.6) is 5.75 Å². The quantitative estimate of drug-likeness (QED) is 0.569. The van der Waals surface area contributed by atoms with Crippen LogP contribution >= 0.6 is 11.3 Å². The van der Waals surface area contributed by atoms with E-state index in [0.717, 1.165) is 16.9 Å². The number of hydrogen-bond donors (Lipinski definition) is 1. The van der Waals surface area contributed by atoms with E-state index < -0.39 is 0 Å². The molecule has 0 unspecified atom stereocenters. The summed E-state index contributed by atoms with van der Waals surface area (Å²) in [6.45, 7) is 5.29. The highest BCUT2D eigenvalue weighted by atomic mass is 32.1. The van der Waals surface area contributed by atoms with E-state index in [-0.39, 0.29) is 5.91 Å². The Morgan fingerprint density at radius 1 is 1.07 bits per heavy atom. The molecule has 0 fully saturated rings. The Kier molecular flexibility index (Phi) is 6.44. The standard InChI is InChI=1S/C23H23NO2S/c1-17-18(2)27-16-21(17)14-24-23(25)13-10-19-8-11-22(12-9-19)26-15-20-6-4-3-5-7-20/h3-13,16H,14-15H2,1-2H3,(H,24,25)/b13-10+. The predicted octanol–water partition coefficient (Wildman–Crippen LogP) is 5.27. The van der Waals surface area contributed by atoms with Crippen molar-refractivity contribution in [3.63, 3.8) is 0 Å². The molecular weight excluding hydrogens is 354 g/mol. The van der Waals surface area contributed by atoms with Gasteiger partial charge in [-0.25, -0.2) is 0 Å². The van der Waals surface area contributed by atoms with Gasteiger partial charge in [-0.15, -0.1) is 11.3 Å². The van der Waals surface area contributed by atoms with Crippen LogP contribution in [-0.2, 0) is 17.9 Å². The molecule has 2 aromatic carbocycles. The van der Waals surface area contributed by atoms with Crippen molar-refractivity contribution >= 4 is 23.3 Å². The highest BCUT2D eigenvalue weighted by Gasteiger charge is 2.04. The van der Waals surface area contributed by atoms with E-state index in [1.54, 1.807) is 17.4 Å². The molecule has 0 aliphatic rings. The lowest BCUT2D eigenvalue weighted by atomic mass is 10.2. The SMILES string of the molecule is Cc1scc(CNC(=O)/C=C/c2ccc(OCc3ccccc3)cc2)c1C. The second-order valence-corrected chi connectivity index (χ2v) is 7.42. The van der Waals surface area contributed by atoms with E-state index in [2.05, 4.69) is 24.5 Å². The van der Waals surface area contributed by atoms with Gasteiger partial charge in [0.05, 0.1) is 0 Å². The average molecular weight is 378 g/mol. The molecule has 0 saturated carbocycles. The van der Waals surface area contributed by atoms with Crippen molar-refractivity contribution in [2.45, 2.75) is 27.0 Å². The summed E-state index contributed by atoms with van der Waals surface area (Å²) in [5.41, 5.74) is 4.53. The number of benzene rings is 2. The van der Waals surface area contributed by atoms with Gasteiger partial charge in [-0.3, -0.25) is 4.79 Å². The first-order valence-corrected chi connectivity index (χ1v) is 9.76. The molecule has 1 heterocycles. The van der Waals surface area contributed by atoms with Crippen LogP contribution in [0.3, 0.4) is 0 Å². The summed E-state index contributed by atoms with van der Waals surface area (Å²) < 4.78 is 5.77. The maximum Gasteiger partial charge on any atom is 0.244 e. The van der Waals surface area contributed by atoms with Crippen molar-refractivity contribution < 1.29 is 9.53 Å². The Hall–Kier alpha value is -2.85. The number of aryl methyl sites for hydroxylation is 1. The molecule has 1 N–H and O–H groups in total. The second-order valence-electron chi connectivity index (χ2n) is 6.34. The molecule has 0 saturated heterocycles. The van der Waals surface area contributed by atoms with Gasteiger partial charge in [0.1, 0.15) is 12.4 Å². The van der Waals surface area contributed by atoms with Gasteiger partial charge in [-0.1, -0.05) is 42.5 Å². The summed E-state index contributed by atoms with van der Waals surface area (Å²) in [6.07, 6.45) is 3.37. The Morgan fingerprint density at radius 2 is 1.81 bits per heavy atom. The van der Waals surface area contributed by atoms with E-state index in [1.807, 2.05) is 60.7 Å². The average Bonchev–Trinajstić information content (AvgIpc) is 3.03. The zero-order chi connectivity index (χ0) is 19.1. The maximum atomic E-state index is 12.0. The lowest BCUT2D eigenvalue weighted by Crippen LogP contribution is -2.20. The molecule has 0 bridgehead atoms. The van der Waals surface area contributed by atoms with Crippen molar-refractivity contribution in [1.29, 1.82) is 0 Å². The minimum atomic E-state index is -0.0948. The van der Waals surface area contributed by atoms with Gasteiger partial charge in [0.2, 0.25) is 5.91 Å². The summed E-state index contributed by atoms with van der Waals surface area (Å²) >= 11 is 1.72. The Labute approximate surface area is 164 Å². The zero-order valence-electron chi connectivity index (χ0n) is 15.6. The normalized spacial score (nSPS) is 10.9. The molecule has 27 heavy (non-hydrogen) atoms. The molecule has 4 heteroatoms. The topological polar surface area (TPSA) is 38.3 Å². The fourth-order valence-corrected chi connectivity index (χ4v) is 3.45. The van der Waals surface area contributed by atoms with Crippen molar-refractivity contribution in [3.05, 3.63) is 93.2 Å². The highest BCUT2D eigenvalue weighted by Crippen LogP contribution is 2.20. The summed E-state index contributed by atoms with van der Waals surface area (Å²) in [5.74, 6) is 0.714. The Bertz CT molecular complexity index is 911. The molecule has 0 atom stereocenters. The van der Waals surface area contributed by atoms with Crippen LogP contribution in [0.4, 0.5) is 0 Å². The molecule has 138 valence electrons. The summed E-state index contributed by atoms with van der Waals surface area (Å²) in [4.78, 5) is 13.3. The number of carbonyl (C=O) groups excluding carboxylic acids is 1. The largest absolute Gasteiger partial charge is 0.489 e. The van der Waals surface area contributed by atoms with Crippen LogP contribution < -0.4 is 10.1 Å². The molecule has 0 aliphatic carbocycles. The van der Waals surface area contributed by atoms with Crippen LogP contribution in [0, 0.1) is 13.8 Å². The number of carbonyl (C=O) groups is 1. The number of amides is 1. The third kappa shape index (κ3) is 5.56. The van der Waals surface area contributed by atoms with Gasteiger partial charge in [-0.2, -0.15) is 0 Å². The summed E-state index contributed by atoms with van der Waals surface area (Å²) in [5, 5.41) is 5.03. The van der Waals surface area contributed by atoms with Crippen molar-refractivity contribution in [2.24, 2.45) is 0 Å². The van der Waals surface area contributed by atoms with E-state index >= 15 is 0 Å². The number of nitrogens with one attached hydrogen (secondary N) is 1. The van der Waals surface area contributed by atoms with Gasteiger partial charge < -0.3 is 10.1 Å². The van der Waals surface area contributed by atoms with Gasteiger partial charge in [0.25, 0.3) is 0 Å². The van der Waals surface area contributed by atoms with E-state index in [0.29, 0.717) is 13.2 Å². The molecule has 3 rings (SSSR count). The maximum absolute atomic E-state index is 12.0. The number of ether oxygens (including phenoxy) is 1. The Morgan fingerprint density at radius 3 is 2.48 bits per heavy atom. The molecular formula is C23H23NO2S. The minimum absolute atomic E-state index is 0.0948. The molecule has 1 amide bonds. The van der Waals surface area contributed by atoms with Gasteiger partial charge in [0, 0.05) is 17.5 Å². The molecule has 0 aliphatic heterocycles. The van der Waals surface area contributed by atoms with Crippen molar-refractivity contribution in [1.82, 2.24) is 5.32 Å². The monoisotopic (exact) mass is 377 g/mol. The molecule has 0 spiro atoms. The van der Waals surface area contributed by atoms with Crippen LogP contribution in [0.1, 0.15) is 27.1 Å². The van der Waals surface area contributed by atoms with E-state index in [4.69, 9.17) is 4.74 Å². The first kappa shape index (κ1) is 18.9. The lowest BCUT2D eigenvalue weighted by Gasteiger charge is -2.06. The molecule has 3 aromatic rings. The second kappa shape index (κ2) is 9.19. The molecule has 3 nitrogen and oxygen atoms in total. The smallest absolute Gasteiger partial charge is 0.244 e. The fraction of sp³-hybridized carbons (Fsp3) is 0.174. The van der Waals surface area contributed by atoms with Gasteiger partial charge >= 0.3 is 0 Å². The van der Waals surface area contributed by atoms with Crippen molar-refractivity contribution in [2.75, 3.05) is 0 Å². The summed E-state index contributed by atoms with van der Waals surface area (Å²) in [6, 6.07) is 17.8. The highest BCUT2D eigenvalue weighted by molar-refractivity contribution is 7.10. The van der Waals surface area contributed by atoms with E-state index in [1.165, 1.54) is 16.0 Å². The lowest BCUT2D eigenvalue weighted by molar-refractivity contribution is -0.116. The minimum Gasteiger partial charge on any atom is -0.489 e. The molecule has 0 radical (unpaired) electrons. The first-order valence-electron chi connectivity index (χ1n) is 8.88. The summed E-state index contributed by atoms with van der Waals surface area (Å²) in [7, 11) is 0. The van der Waals surface area contributed by atoms with Crippen LogP contribution in [-0.4, -0.2) is 5.91 Å². The van der Waals surface area contributed by atoms with Gasteiger partial charge in [0.15, 0.2) is 0 Å². The Balaban J connectivity index is 1.48. The third-order valence-corrected chi connectivity index (χ3v) is 5.46. The third-order valence-electron chi connectivity index (χ3n) is 4.40. The zero-order valence-corrected chi connectivity index (χ0v) is 16.4. The van der Waals surface area contributed by atoms with Crippen LogP contribution in [0.25, 0.3) is 6.08 Å².